The molecule has 0 aliphatic carbocycles. The van der Waals surface area contributed by atoms with Crippen molar-refractivity contribution in [3.8, 4) is 0 Å². The molecule has 0 aliphatic rings. The normalized spacial score (nSPS) is 14.5. The zero-order valence-corrected chi connectivity index (χ0v) is 9.48. The van der Waals surface area contributed by atoms with E-state index in [-0.39, 0.29) is 5.41 Å². The summed E-state index contributed by atoms with van der Waals surface area (Å²) in [4.78, 5) is 4.26. The molecule has 1 unspecified atom stereocenters. The van der Waals surface area contributed by atoms with Crippen LogP contribution in [-0.4, -0.2) is 10.1 Å². The highest BCUT2D eigenvalue weighted by Gasteiger charge is 2.19. The van der Waals surface area contributed by atoms with Crippen LogP contribution in [0.1, 0.15) is 44.0 Å². The molecule has 0 saturated carbocycles. The standard InChI is InChI=1S/C10H17NOS/c1-7-11-8(6-13-7)9(12)5-10(2,3)4/h6,9,12H,5H2,1-4H3. The first-order chi connectivity index (χ1) is 5.88. The van der Waals surface area contributed by atoms with Gasteiger partial charge in [0, 0.05) is 5.38 Å². The van der Waals surface area contributed by atoms with Crippen molar-refractivity contribution in [3.63, 3.8) is 0 Å². The molecular weight excluding hydrogens is 182 g/mol. The maximum atomic E-state index is 9.81. The number of aliphatic hydroxyl groups excluding tert-OH is 1. The fourth-order valence-corrected chi connectivity index (χ4v) is 1.88. The first kappa shape index (κ1) is 10.7. The molecule has 1 aromatic heterocycles. The van der Waals surface area contributed by atoms with Crippen LogP contribution in [0.5, 0.6) is 0 Å². The summed E-state index contributed by atoms with van der Waals surface area (Å²) in [6, 6.07) is 0. The van der Waals surface area contributed by atoms with Crippen LogP contribution in [0, 0.1) is 12.3 Å². The number of nitrogens with zero attached hydrogens (tertiary/aromatic N) is 1. The monoisotopic (exact) mass is 199 g/mol. The molecule has 1 rings (SSSR count). The van der Waals surface area contributed by atoms with E-state index in [2.05, 4.69) is 25.8 Å². The van der Waals surface area contributed by atoms with Gasteiger partial charge in [0.25, 0.3) is 0 Å². The molecule has 0 radical (unpaired) electrons. The summed E-state index contributed by atoms with van der Waals surface area (Å²) in [6.45, 7) is 8.32. The molecule has 1 heterocycles. The highest BCUT2D eigenvalue weighted by Crippen LogP contribution is 2.29. The van der Waals surface area contributed by atoms with Gasteiger partial charge in [0.1, 0.15) is 0 Å². The van der Waals surface area contributed by atoms with Crippen LogP contribution in [0.2, 0.25) is 0 Å². The molecule has 1 aromatic rings. The van der Waals surface area contributed by atoms with Crippen molar-refractivity contribution < 1.29 is 5.11 Å². The van der Waals surface area contributed by atoms with Gasteiger partial charge in [-0.3, -0.25) is 0 Å². The second-order valence-corrected chi connectivity index (χ2v) is 5.63. The van der Waals surface area contributed by atoms with E-state index >= 15 is 0 Å². The quantitative estimate of drug-likeness (QED) is 0.794. The lowest BCUT2D eigenvalue weighted by Gasteiger charge is -2.21. The van der Waals surface area contributed by atoms with Crippen molar-refractivity contribution in [2.24, 2.45) is 5.41 Å². The molecule has 1 atom stereocenters. The molecular formula is C10H17NOS. The van der Waals surface area contributed by atoms with Crippen LogP contribution in [0.4, 0.5) is 0 Å². The van der Waals surface area contributed by atoms with Crippen LogP contribution in [0.25, 0.3) is 0 Å². The molecule has 1 N–H and O–H groups in total. The van der Waals surface area contributed by atoms with Crippen molar-refractivity contribution in [1.82, 2.24) is 4.98 Å². The van der Waals surface area contributed by atoms with E-state index in [1.54, 1.807) is 11.3 Å². The van der Waals surface area contributed by atoms with Crippen LogP contribution in [0.3, 0.4) is 0 Å². The highest BCUT2D eigenvalue weighted by atomic mass is 32.1. The molecule has 74 valence electrons. The number of aryl methyl sites for hydroxylation is 1. The Balaban J connectivity index is 2.64. The van der Waals surface area contributed by atoms with Crippen molar-refractivity contribution in [1.29, 1.82) is 0 Å². The molecule has 2 nitrogen and oxygen atoms in total. The zero-order chi connectivity index (χ0) is 10.1. The Morgan fingerprint density at radius 2 is 2.15 bits per heavy atom. The number of aromatic nitrogens is 1. The van der Waals surface area contributed by atoms with Crippen molar-refractivity contribution in [2.75, 3.05) is 0 Å². The average Bonchev–Trinajstić information content (AvgIpc) is 2.31. The minimum Gasteiger partial charge on any atom is -0.387 e. The first-order valence-electron chi connectivity index (χ1n) is 4.48. The number of hydrogen-bond donors (Lipinski definition) is 1. The summed E-state index contributed by atoms with van der Waals surface area (Å²) in [5.74, 6) is 0. The molecule has 13 heavy (non-hydrogen) atoms. The smallest absolute Gasteiger partial charge is 0.0973 e. The van der Waals surface area contributed by atoms with E-state index in [1.165, 1.54) is 0 Å². The largest absolute Gasteiger partial charge is 0.387 e. The Hall–Kier alpha value is -0.410. The van der Waals surface area contributed by atoms with Crippen LogP contribution in [-0.2, 0) is 0 Å². The molecule has 0 aliphatic heterocycles. The fourth-order valence-electron chi connectivity index (χ4n) is 1.22. The van der Waals surface area contributed by atoms with Crippen molar-refractivity contribution in [2.45, 2.75) is 40.2 Å². The van der Waals surface area contributed by atoms with Gasteiger partial charge in [-0.05, 0) is 18.8 Å². The van der Waals surface area contributed by atoms with E-state index in [9.17, 15) is 5.11 Å². The first-order valence-corrected chi connectivity index (χ1v) is 5.36. The molecule has 0 saturated heterocycles. The highest BCUT2D eigenvalue weighted by molar-refractivity contribution is 7.09. The van der Waals surface area contributed by atoms with E-state index in [0.29, 0.717) is 0 Å². The summed E-state index contributed by atoms with van der Waals surface area (Å²) in [7, 11) is 0. The molecule has 0 amide bonds. The molecule has 0 spiro atoms. The Kier molecular flexibility index (Phi) is 3.09. The third kappa shape index (κ3) is 3.44. The summed E-state index contributed by atoms with van der Waals surface area (Å²) >= 11 is 1.59. The third-order valence-electron chi connectivity index (χ3n) is 1.78. The van der Waals surface area contributed by atoms with Gasteiger partial charge in [0.05, 0.1) is 16.8 Å². The Bertz CT molecular complexity index is 275. The third-order valence-corrected chi connectivity index (χ3v) is 2.58. The van der Waals surface area contributed by atoms with Gasteiger partial charge in [-0.1, -0.05) is 20.8 Å². The summed E-state index contributed by atoms with van der Waals surface area (Å²) in [5, 5.41) is 12.8. The van der Waals surface area contributed by atoms with Crippen LogP contribution >= 0.6 is 11.3 Å². The summed E-state index contributed by atoms with van der Waals surface area (Å²) in [6.07, 6.45) is 0.348. The van der Waals surface area contributed by atoms with E-state index < -0.39 is 6.10 Å². The average molecular weight is 199 g/mol. The van der Waals surface area contributed by atoms with Gasteiger partial charge in [-0.25, -0.2) is 4.98 Å². The molecule has 0 aromatic carbocycles. The Labute approximate surface area is 83.6 Å². The molecule has 0 bridgehead atoms. The fraction of sp³-hybridized carbons (Fsp3) is 0.700. The molecule has 0 fully saturated rings. The van der Waals surface area contributed by atoms with Gasteiger partial charge in [-0.2, -0.15) is 0 Å². The second kappa shape index (κ2) is 3.76. The number of rotatable bonds is 2. The Morgan fingerprint density at radius 3 is 2.54 bits per heavy atom. The molecule has 3 heteroatoms. The lowest BCUT2D eigenvalue weighted by molar-refractivity contribution is 0.119. The SMILES string of the molecule is Cc1nc(C(O)CC(C)(C)C)cs1. The van der Waals surface area contributed by atoms with Gasteiger partial charge >= 0.3 is 0 Å². The summed E-state index contributed by atoms with van der Waals surface area (Å²) < 4.78 is 0. The van der Waals surface area contributed by atoms with Gasteiger partial charge < -0.3 is 5.11 Å². The zero-order valence-electron chi connectivity index (χ0n) is 8.66. The number of aliphatic hydroxyl groups is 1. The summed E-state index contributed by atoms with van der Waals surface area (Å²) in [5.41, 5.74) is 0.967. The van der Waals surface area contributed by atoms with Gasteiger partial charge in [-0.15, -0.1) is 11.3 Å². The maximum absolute atomic E-state index is 9.81. The minimum absolute atomic E-state index is 0.150. The minimum atomic E-state index is -0.412. The lowest BCUT2D eigenvalue weighted by Crippen LogP contribution is -2.11. The van der Waals surface area contributed by atoms with E-state index in [4.69, 9.17) is 0 Å². The van der Waals surface area contributed by atoms with Crippen molar-refractivity contribution in [3.05, 3.63) is 16.1 Å². The van der Waals surface area contributed by atoms with E-state index in [0.717, 1.165) is 17.1 Å². The second-order valence-electron chi connectivity index (χ2n) is 4.57. The van der Waals surface area contributed by atoms with Crippen molar-refractivity contribution >= 4 is 11.3 Å². The Morgan fingerprint density at radius 1 is 1.54 bits per heavy atom. The van der Waals surface area contributed by atoms with Crippen LogP contribution < -0.4 is 0 Å². The maximum Gasteiger partial charge on any atom is 0.0973 e. The number of thiazole rings is 1. The number of hydrogen-bond acceptors (Lipinski definition) is 3. The topological polar surface area (TPSA) is 33.1 Å². The predicted octanol–water partition coefficient (Wildman–Crippen LogP) is 2.92. The van der Waals surface area contributed by atoms with Gasteiger partial charge in [0.15, 0.2) is 0 Å². The van der Waals surface area contributed by atoms with Crippen LogP contribution in [0.15, 0.2) is 5.38 Å². The predicted molar refractivity (Wildman–Crippen MR) is 55.9 cm³/mol. The lowest BCUT2D eigenvalue weighted by atomic mass is 9.88. The van der Waals surface area contributed by atoms with E-state index in [1.807, 2.05) is 12.3 Å². The van der Waals surface area contributed by atoms with Gasteiger partial charge in [0.2, 0.25) is 0 Å².